The van der Waals surface area contributed by atoms with Gasteiger partial charge in [0.25, 0.3) is 5.91 Å². The molecule has 1 saturated heterocycles. The largest absolute Gasteiger partial charge is 0.316 e. The molecular weight excluding hydrogens is 405 g/mol. The fraction of sp³-hybridized carbons (Fsp3) is 0.316. The molecule has 0 aromatic heterocycles. The molecule has 0 radical (unpaired) electrons. The Balaban J connectivity index is 1.72. The summed E-state index contributed by atoms with van der Waals surface area (Å²) in [6.45, 7) is 1.48. The second kappa shape index (κ2) is 9.00. The first kappa shape index (κ1) is 20.7. The van der Waals surface area contributed by atoms with Gasteiger partial charge in [0.15, 0.2) is 5.82 Å². The molecule has 1 unspecified atom stereocenters. The Kier molecular flexibility index (Phi) is 6.66. The summed E-state index contributed by atoms with van der Waals surface area (Å²) in [6, 6.07) is 11.8. The van der Waals surface area contributed by atoms with E-state index in [0.29, 0.717) is 12.1 Å². The van der Waals surface area contributed by atoms with Crippen LogP contribution in [0.2, 0.25) is 5.02 Å². The van der Waals surface area contributed by atoms with E-state index in [2.05, 4.69) is 10.7 Å². The van der Waals surface area contributed by atoms with Crippen LogP contribution in [0.4, 0.5) is 4.39 Å². The molecule has 3 N–H and O–H groups in total. The first-order valence-corrected chi connectivity index (χ1v) is 10.9. The van der Waals surface area contributed by atoms with Crippen molar-refractivity contribution in [2.24, 2.45) is 5.92 Å². The number of sulfonamides is 1. The molecule has 150 valence electrons. The number of halogens is 2. The molecule has 2 aromatic rings. The minimum atomic E-state index is -3.75. The molecule has 0 spiro atoms. The smallest absolute Gasteiger partial charge is 0.269 e. The molecule has 1 aliphatic heterocycles. The molecule has 3 rings (SSSR count). The van der Waals surface area contributed by atoms with Gasteiger partial charge in [0.05, 0.1) is 16.3 Å². The van der Waals surface area contributed by atoms with Crippen LogP contribution in [0.3, 0.4) is 0 Å². The second-order valence-corrected chi connectivity index (χ2v) is 8.91. The molecule has 6 nitrogen and oxygen atoms in total. The summed E-state index contributed by atoms with van der Waals surface area (Å²) in [4.78, 5) is 14.4. The number of piperidine rings is 1. The van der Waals surface area contributed by atoms with Gasteiger partial charge < -0.3 is 5.32 Å². The molecule has 0 bridgehead atoms. The van der Waals surface area contributed by atoms with Crippen molar-refractivity contribution in [1.82, 2.24) is 15.6 Å². The standard InChI is InChI=1S/C19H21ClFN3O3S/c20-17-10-15(14-6-2-1-3-7-14)9-16(18(17)21)19(25)23-24-28(26,27)12-13-5-4-8-22-11-13/h1-3,6-7,9-10,13,22,24H,4-5,8,11-12H2,(H,23,25). The Bertz CT molecular complexity index is 948. The third-order valence-electron chi connectivity index (χ3n) is 4.55. The highest BCUT2D eigenvalue weighted by atomic mass is 35.5. The fourth-order valence-corrected chi connectivity index (χ4v) is 4.62. The molecule has 1 atom stereocenters. The van der Waals surface area contributed by atoms with Gasteiger partial charge >= 0.3 is 0 Å². The van der Waals surface area contributed by atoms with Crippen LogP contribution < -0.4 is 15.6 Å². The molecule has 0 aliphatic carbocycles. The van der Waals surface area contributed by atoms with Crippen molar-refractivity contribution in [2.45, 2.75) is 12.8 Å². The Morgan fingerprint density at radius 3 is 2.64 bits per heavy atom. The van der Waals surface area contributed by atoms with Crippen LogP contribution in [-0.2, 0) is 10.0 Å². The summed E-state index contributed by atoms with van der Waals surface area (Å²) in [6.07, 6.45) is 1.70. The molecule has 28 heavy (non-hydrogen) atoms. The van der Waals surface area contributed by atoms with Crippen molar-refractivity contribution in [3.63, 3.8) is 0 Å². The minimum Gasteiger partial charge on any atom is -0.316 e. The third-order valence-corrected chi connectivity index (χ3v) is 6.15. The van der Waals surface area contributed by atoms with Crippen molar-refractivity contribution < 1.29 is 17.6 Å². The number of carbonyl (C=O) groups is 1. The number of hydrogen-bond donors (Lipinski definition) is 3. The number of rotatable bonds is 6. The predicted molar refractivity (Wildman–Crippen MR) is 107 cm³/mol. The monoisotopic (exact) mass is 425 g/mol. The highest BCUT2D eigenvalue weighted by Gasteiger charge is 2.23. The van der Waals surface area contributed by atoms with E-state index in [0.717, 1.165) is 24.9 Å². The van der Waals surface area contributed by atoms with Crippen LogP contribution in [0.1, 0.15) is 23.2 Å². The van der Waals surface area contributed by atoms with Crippen LogP contribution in [0, 0.1) is 11.7 Å². The van der Waals surface area contributed by atoms with Crippen molar-refractivity contribution in [1.29, 1.82) is 0 Å². The van der Waals surface area contributed by atoms with E-state index in [9.17, 15) is 17.6 Å². The van der Waals surface area contributed by atoms with E-state index in [4.69, 9.17) is 11.6 Å². The van der Waals surface area contributed by atoms with Crippen molar-refractivity contribution in [3.8, 4) is 11.1 Å². The first-order chi connectivity index (χ1) is 13.4. The molecule has 2 aromatic carbocycles. The van der Waals surface area contributed by atoms with E-state index < -0.39 is 21.7 Å². The fourth-order valence-electron chi connectivity index (χ4n) is 3.16. The Morgan fingerprint density at radius 2 is 1.96 bits per heavy atom. The van der Waals surface area contributed by atoms with Crippen LogP contribution >= 0.6 is 11.6 Å². The summed E-state index contributed by atoms with van der Waals surface area (Å²) in [5.41, 5.74) is 3.04. The number of carbonyl (C=O) groups excluding carboxylic acids is 1. The molecule has 1 fully saturated rings. The van der Waals surface area contributed by atoms with Gasteiger partial charge in [-0.25, -0.2) is 12.8 Å². The van der Waals surface area contributed by atoms with Crippen molar-refractivity contribution in [2.75, 3.05) is 18.8 Å². The van der Waals surface area contributed by atoms with Gasteiger partial charge in [-0.15, -0.1) is 4.83 Å². The van der Waals surface area contributed by atoms with Gasteiger partial charge in [-0.1, -0.05) is 41.9 Å². The second-order valence-electron chi connectivity index (χ2n) is 6.74. The van der Waals surface area contributed by atoms with Crippen LogP contribution in [0.25, 0.3) is 11.1 Å². The Labute approximate surface area is 168 Å². The lowest BCUT2D eigenvalue weighted by molar-refractivity contribution is 0.0941. The number of hydrogen-bond acceptors (Lipinski definition) is 4. The molecule has 0 saturated carbocycles. The minimum absolute atomic E-state index is 0.0317. The van der Waals surface area contributed by atoms with Crippen molar-refractivity contribution >= 4 is 27.5 Å². The van der Waals surface area contributed by atoms with E-state index in [1.807, 2.05) is 10.9 Å². The quantitative estimate of drug-likeness (QED) is 0.621. The normalized spacial score (nSPS) is 17.3. The third kappa shape index (κ3) is 5.29. The van der Waals surface area contributed by atoms with Crippen LogP contribution in [0.15, 0.2) is 42.5 Å². The lowest BCUT2D eigenvalue weighted by atomic mass is 10.0. The number of nitrogens with one attached hydrogen (secondary N) is 3. The Morgan fingerprint density at radius 1 is 1.21 bits per heavy atom. The summed E-state index contributed by atoms with van der Waals surface area (Å²) >= 11 is 5.93. The molecule has 1 heterocycles. The van der Waals surface area contributed by atoms with E-state index in [1.54, 1.807) is 24.3 Å². The number of benzene rings is 2. The first-order valence-electron chi connectivity index (χ1n) is 8.91. The topological polar surface area (TPSA) is 87.3 Å². The van der Waals surface area contributed by atoms with Gasteiger partial charge in [0.2, 0.25) is 10.0 Å². The maximum Gasteiger partial charge on any atom is 0.269 e. The summed E-state index contributed by atoms with van der Waals surface area (Å²) in [5, 5.41) is 2.92. The van der Waals surface area contributed by atoms with E-state index in [-0.39, 0.29) is 22.3 Å². The van der Waals surface area contributed by atoms with Gasteiger partial charge in [-0.05, 0) is 55.1 Å². The zero-order chi connectivity index (χ0) is 20.1. The van der Waals surface area contributed by atoms with Gasteiger partial charge in [-0.2, -0.15) is 0 Å². The molecule has 1 amide bonds. The maximum absolute atomic E-state index is 14.4. The average molecular weight is 426 g/mol. The summed E-state index contributed by atoms with van der Waals surface area (Å²) in [5.74, 6) is -1.97. The maximum atomic E-state index is 14.4. The average Bonchev–Trinajstić information content (AvgIpc) is 2.69. The highest BCUT2D eigenvalue weighted by molar-refractivity contribution is 7.89. The van der Waals surface area contributed by atoms with E-state index in [1.165, 1.54) is 12.1 Å². The molecular formula is C19H21ClFN3O3S. The summed E-state index contributed by atoms with van der Waals surface area (Å²) in [7, 11) is -3.75. The summed E-state index contributed by atoms with van der Waals surface area (Å²) < 4.78 is 38.8. The number of hydrazine groups is 1. The zero-order valence-corrected chi connectivity index (χ0v) is 16.6. The molecule has 9 heteroatoms. The SMILES string of the molecule is O=C(NNS(=O)(=O)CC1CCCNC1)c1cc(-c2ccccc2)cc(Cl)c1F. The van der Waals surface area contributed by atoms with E-state index >= 15 is 0 Å². The molecule has 1 aliphatic rings. The highest BCUT2D eigenvalue weighted by Crippen LogP contribution is 2.27. The van der Waals surface area contributed by atoms with Gasteiger partial charge in [-0.3, -0.25) is 10.2 Å². The van der Waals surface area contributed by atoms with Gasteiger partial charge in [0, 0.05) is 0 Å². The van der Waals surface area contributed by atoms with Crippen LogP contribution in [0.5, 0.6) is 0 Å². The lowest BCUT2D eigenvalue weighted by Crippen LogP contribution is -2.45. The van der Waals surface area contributed by atoms with Gasteiger partial charge in [0.1, 0.15) is 0 Å². The predicted octanol–water partition coefficient (Wildman–Crippen LogP) is 2.71. The van der Waals surface area contributed by atoms with Crippen LogP contribution in [-0.4, -0.2) is 33.2 Å². The number of amides is 1. The lowest BCUT2D eigenvalue weighted by Gasteiger charge is -2.22. The Hall–Kier alpha value is -2.00. The zero-order valence-electron chi connectivity index (χ0n) is 15.0. The van der Waals surface area contributed by atoms with Crippen molar-refractivity contribution in [3.05, 3.63) is 58.9 Å².